The minimum Gasteiger partial charge on any atom is -0.339 e. The van der Waals surface area contributed by atoms with E-state index in [1.165, 1.54) is 32.2 Å². The summed E-state index contributed by atoms with van der Waals surface area (Å²) < 4.78 is 0. The third-order valence-electron chi connectivity index (χ3n) is 6.50. The van der Waals surface area contributed by atoms with Gasteiger partial charge in [-0.05, 0) is 36.8 Å². The van der Waals surface area contributed by atoms with E-state index in [0.717, 1.165) is 43.5 Å². The zero-order chi connectivity index (χ0) is 17.3. The lowest BCUT2D eigenvalue weighted by Gasteiger charge is -2.46. The molecule has 0 radical (unpaired) electrons. The van der Waals surface area contributed by atoms with Gasteiger partial charge in [-0.25, -0.2) is 0 Å². The van der Waals surface area contributed by atoms with Gasteiger partial charge in [0.25, 0.3) is 0 Å². The summed E-state index contributed by atoms with van der Waals surface area (Å²) >= 11 is 0. The Kier molecular flexibility index (Phi) is 4.72. The summed E-state index contributed by atoms with van der Waals surface area (Å²) in [7, 11) is 0. The molecule has 1 N–H and O–H groups in total. The summed E-state index contributed by atoms with van der Waals surface area (Å²) in [6.07, 6.45) is 7.67. The van der Waals surface area contributed by atoms with E-state index < -0.39 is 0 Å². The van der Waals surface area contributed by atoms with Crippen molar-refractivity contribution in [2.45, 2.75) is 51.1 Å². The molecular formula is C21H31N3O. The second kappa shape index (κ2) is 6.99. The average Bonchev–Trinajstić information content (AvgIpc) is 2.94. The third kappa shape index (κ3) is 3.55. The number of nitrogens with zero attached hydrogens (tertiary/aromatic N) is 2. The van der Waals surface area contributed by atoms with Crippen molar-refractivity contribution in [1.29, 1.82) is 0 Å². The van der Waals surface area contributed by atoms with Crippen molar-refractivity contribution in [3.63, 3.8) is 0 Å². The molecule has 3 aliphatic rings. The van der Waals surface area contributed by atoms with Gasteiger partial charge in [0.1, 0.15) is 5.66 Å². The van der Waals surface area contributed by atoms with Crippen LogP contribution < -0.4 is 10.2 Å². The normalized spacial score (nSPS) is 29.8. The minimum atomic E-state index is -0.172. The largest absolute Gasteiger partial charge is 0.339 e. The van der Waals surface area contributed by atoms with E-state index in [9.17, 15) is 4.79 Å². The van der Waals surface area contributed by atoms with Crippen molar-refractivity contribution in [3.8, 4) is 0 Å². The highest BCUT2D eigenvalue weighted by molar-refractivity contribution is 5.86. The predicted molar refractivity (Wildman–Crippen MR) is 101 cm³/mol. The summed E-state index contributed by atoms with van der Waals surface area (Å²) in [4.78, 5) is 17.1. The topological polar surface area (TPSA) is 35.6 Å². The number of carbonyl (C=O) groups is 1. The van der Waals surface area contributed by atoms with Crippen molar-refractivity contribution >= 4 is 11.6 Å². The van der Waals surface area contributed by atoms with Crippen molar-refractivity contribution in [1.82, 2.24) is 10.2 Å². The quantitative estimate of drug-likeness (QED) is 0.917. The Labute approximate surface area is 151 Å². The van der Waals surface area contributed by atoms with Gasteiger partial charge in [-0.1, -0.05) is 38.0 Å². The summed E-state index contributed by atoms with van der Waals surface area (Å²) in [6.45, 7) is 6.33. The first kappa shape index (κ1) is 16.9. The molecule has 2 aliphatic heterocycles. The number of para-hydroxylation sites is 1. The van der Waals surface area contributed by atoms with Crippen LogP contribution in [0, 0.1) is 11.8 Å². The van der Waals surface area contributed by atoms with Crippen molar-refractivity contribution in [3.05, 3.63) is 30.3 Å². The summed E-state index contributed by atoms with van der Waals surface area (Å²) in [5.41, 5.74) is 0.991. The van der Waals surface area contributed by atoms with E-state index in [1.807, 2.05) is 6.07 Å². The van der Waals surface area contributed by atoms with Crippen LogP contribution in [0.4, 0.5) is 5.69 Å². The molecule has 4 heteroatoms. The van der Waals surface area contributed by atoms with E-state index in [2.05, 4.69) is 46.3 Å². The van der Waals surface area contributed by atoms with Gasteiger partial charge in [0.05, 0.1) is 6.54 Å². The fourth-order valence-electron chi connectivity index (χ4n) is 5.20. The van der Waals surface area contributed by atoms with E-state index in [1.54, 1.807) is 0 Å². The Morgan fingerprint density at radius 3 is 2.64 bits per heavy atom. The Morgan fingerprint density at radius 2 is 1.92 bits per heavy atom. The number of piperidine rings is 1. The van der Waals surface area contributed by atoms with E-state index in [-0.39, 0.29) is 11.6 Å². The van der Waals surface area contributed by atoms with Crippen LogP contribution in [0.15, 0.2) is 30.3 Å². The predicted octanol–water partition coefficient (Wildman–Crippen LogP) is 3.24. The molecule has 25 heavy (non-hydrogen) atoms. The van der Waals surface area contributed by atoms with Gasteiger partial charge in [0.2, 0.25) is 5.91 Å². The van der Waals surface area contributed by atoms with E-state index in [0.29, 0.717) is 6.54 Å². The van der Waals surface area contributed by atoms with Crippen molar-refractivity contribution < 1.29 is 4.79 Å². The van der Waals surface area contributed by atoms with Crippen LogP contribution in [0.3, 0.4) is 0 Å². The molecule has 1 spiro atoms. The zero-order valence-corrected chi connectivity index (χ0v) is 15.4. The molecule has 2 heterocycles. The van der Waals surface area contributed by atoms with Gasteiger partial charge >= 0.3 is 0 Å². The highest BCUT2D eigenvalue weighted by Gasteiger charge is 2.46. The third-order valence-corrected chi connectivity index (χ3v) is 6.50. The van der Waals surface area contributed by atoms with Crippen LogP contribution in [0.1, 0.15) is 45.4 Å². The summed E-state index contributed by atoms with van der Waals surface area (Å²) in [5, 5.41) is 3.31. The first-order valence-electron chi connectivity index (χ1n) is 10.0. The van der Waals surface area contributed by atoms with Crippen LogP contribution in [0.2, 0.25) is 0 Å². The Hall–Kier alpha value is -1.55. The van der Waals surface area contributed by atoms with E-state index in [4.69, 9.17) is 0 Å². The first-order chi connectivity index (χ1) is 12.1. The number of likely N-dealkylation sites (tertiary alicyclic amines) is 1. The maximum Gasteiger partial charge on any atom is 0.241 e. The second-order valence-electron chi connectivity index (χ2n) is 8.44. The Balaban J connectivity index is 1.40. The van der Waals surface area contributed by atoms with E-state index >= 15 is 0 Å². The Morgan fingerprint density at radius 1 is 1.16 bits per heavy atom. The van der Waals surface area contributed by atoms with Gasteiger partial charge in [-0.2, -0.15) is 0 Å². The van der Waals surface area contributed by atoms with Gasteiger partial charge in [0, 0.05) is 38.2 Å². The van der Waals surface area contributed by atoms with Gasteiger partial charge < -0.3 is 15.1 Å². The molecule has 1 saturated carbocycles. The first-order valence-corrected chi connectivity index (χ1v) is 10.0. The van der Waals surface area contributed by atoms with Gasteiger partial charge in [0.15, 0.2) is 0 Å². The molecule has 4 nitrogen and oxygen atoms in total. The molecule has 1 amide bonds. The van der Waals surface area contributed by atoms with Gasteiger partial charge in [-0.3, -0.25) is 4.79 Å². The maximum atomic E-state index is 12.2. The summed E-state index contributed by atoms with van der Waals surface area (Å²) in [5.74, 6) is 1.94. The summed E-state index contributed by atoms with van der Waals surface area (Å²) in [6, 6.07) is 10.4. The molecule has 136 valence electrons. The fraction of sp³-hybridized carbons (Fsp3) is 0.667. The molecule has 0 aromatic heterocycles. The van der Waals surface area contributed by atoms with Crippen molar-refractivity contribution in [2.75, 3.05) is 31.1 Å². The molecule has 2 atom stereocenters. The number of carbonyl (C=O) groups excluding carboxylic acids is 1. The van der Waals surface area contributed by atoms with Crippen LogP contribution >= 0.6 is 0 Å². The van der Waals surface area contributed by atoms with Crippen LogP contribution in [-0.4, -0.2) is 42.6 Å². The molecular weight excluding hydrogens is 310 g/mol. The van der Waals surface area contributed by atoms with Crippen molar-refractivity contribution in [2.24, 2.45) is 11.8 Å². The zero-order valence-electron chi connectivity index (χ0n) is 15.4. The highest BCUT2D eigenvalue weighted by atomic mass is 16.2. The number of anilines is 1. The fourth-order valence-corrected chi connectivity index (χ4v) is 5.20. The minimum absolute atomic E-state index is 0.165. The highest BCUT2D eigenvalue weighted by Crippen LogP contribution is 2.35. The monoisotopic (exact) mass is 341 g/mol. The molecule has 1 aliphatic carbocycles. The number of hydrogen-bond donors (Lipinski definition) is 1. The molecule has 1 aromatic rings. The number of benzene rings is 1. The average molecular weight is 341 g/mol. The SMILES string of the molecule is CC1CCCC(CN2CCC3(CC2)NC(=O)CN3c2ccccc2)C1. The lowest BCUT2D eigenvalue weighted by molar-refractivity contribution is -0.119. The standard InChI is InChI=1S/C21H31N3O/c1-17-6-5-7-18(14-17)15-23-12-10-21(11-13-23)22-20(25)16-24(21)19-8-3-2-4-9-19/h2-4,8-9,17-18H,5-7,10-16H2,1H3,(H,22,25). The number of amides is 1. The second-order valence-corrected chi connectivity index (χ2v) is 8.44. The van der Waals surface area contributed by atoms with Gasteiger partial charge in [-0.15, -0.1) is 0 Å². The number of hydrogen-bond acceptors (Lipinski definition) is 3. The van der Waals surface area contributed by atoms with Crippen LogP contribution in [-0.2, 0) is 4.79 Å². The molecule has 1 aromatic carbocycles. The molecule has 2 saturated heterocycles. The van der Waals surface area contributed by atoms with Crippen LogP contribution in [0.25, 0.3) is 0 Å². The molecule has 3 fully saturated rings. The Bertz CT molecular complexity index is 594. The lowest BCUT2D eigenvalue weighted by Crippen LogP contribution is -2.59. The number of rotatable bonds is 3. The molecule has 4 rings (SSSR count). The smallest absolute Gasteiger partial charge is 0.241 e. The maximum absolute atomic E-state index is 12.2. The molecule has 2 unspecified atom stereocenters. The number of nitrogens with one attached hydrogen (secondary N) is 1. The van der Waals surface area contributed by atoms with Crippen LogP contribution in [0.5, 0.6) is 0 Å². The molecule has 0 bridgehead atoms. The lowest BCUT2D eigenvalue weighted by atomic mass is 9.82.